The molecule has 0 radical (unpaired) electrons. The molecular weight excluding hydrogens is 290 g/mol. The van der Waals surface area contributed by atoms with Crippen LogP contribution in [0.4, 0.5) is 4.79 Å². The Hall–Kier alpha value is -2.83. The Morgan fingerprint density at radius 2 is 2.05 bits per heavy atom. The molecule has 7 nitrogen and oxygen atoms in total. The fourth-order valence-corrected chi connectivity index (χ4v) is 1.87. The Kier molecular flexibility index (Phi) is 4.77. The van der Waals surface area contributed by atoms with Crippen LogP contribution in [0.3, 0.4) is 0 Å². The summed E-state index contributed by atoms with van der Waals surface area (Å²) >= 11 is 0. The molecule has 1 heterocycles. The van der Waals surface area contributed by atoms with Gasteiger partial charge in [0, 0.05) is 17.5 Å². The summed E-state index contributed by atoms with van der Waals surface area (Å²) in [5, 5.41) is 3.01. The highest BCUT2D eigenvalue weighted by Gasteiger charge is 2.10. The minimum atomic E-state index is -0.803. The van der Waals surface area contributed by atoms with Crippen LogP contribution in [-0.4, -0.2) is 25.2 Å². The highest BCUT2D eigenvalue weighted by molar-refractivity contribution is 5.83. The molecule has 1 aromatic heterocycles. The number of carbonyl (C=O) groups excluding carboxylic acids is 2. The standard InChI is InChI=1S/C15H15NO6/c1-3-20-14(18)8-16-15(19)21-10-4-5-11-9(2)6-13(17)22-12(11)7-10/h4-7H,3,8H2,1-2H3,(H,16,19). The van der Waals surface area contributed by atoms with Crippen LogP contribution in [0.15, 0.2) is 33.5 Å². The molecule has 0 saturated heterocycles. The number of hydrogen-bond donors (Lipinski definition) is 1. The first-order valence-corrected chi connectivity index (χ1v) is 6.65. The molecule has 1 amide bonds. The molecule has 2 aromatic rings. The fraction of sp³-hybridized carbons (Fsp3) is 0.267. The number of rotatable bonds is 4. The molecule has 1 aromatic carbocycles. The number of hydrogen-bond acceptors (Lipinski definition) is 6. The molecule has 1 N–H and O–H groups in total. The van der Waals surface area contributed by atoms with Crippen LogP contribution in [0.2, 0.25) is 0 Å². The van der Waals surface area contributed by atoms with Gasteiger partial charge in [0.15, 0.2) is 0 Å². The van der Waals surface area contributed by atoms with Gasteiger partial charge < -0.3 is 19.2 Å². The van der Waals surface area contributed by atoms with Gasteiger partial charge in [-0.1, -0.05) is 0 Å². The Labute approximate surface area is 125 Å². The van der Waals surface area contributed by atoms with E-state index in [0.29, 0.717) is 5.58 Å². The molecule has 2 rings (SSSR count). The van der Waals surface area contributed by atoms with Crippen molar-refractivity contribution in [3.8, 4) is 5.75 Å². The smallest absolute Gasteiger partial charge is 0.413 e. The number of fused-ring (bicyclic) bond motifs is 1. The lowest BCUT2D eigenvalue weighted by molar-refractivity contribution is -0.141. The molecule has 0 aliphatic rings. The van der Waals surface area contributed by atoms with Crippen molar-refractivity contribution in [2.45, 2.75) is 13.8 Å². The second-order valence-corrected chi connectivity index (χ2v) is 4.45. The van der Waals surface area contributed by atoms with Crippen molar-refractivity contribution in [1.29, 1.82) is 0 Å². The Balaban J connectivity index is 2.07. The second kappa shape index (κ2) is 6.75. The van der Waals surface area contributed by atoms with E-state index in [4.69, 9.17) is 9.15 Å². The van der Waals surface area contributed by atoms with E-state index in [9.17, 15) is 14.4 Å². The van der Waals surface area contributed by atoms with Gasteiger partial charge in [-0.3, -0.25) is 4.79 Å². The summed E-state index contributed by atoms with van der Waals surface area (Å²) in [7, 11) is 0. The maximum Gasteiger partial charge on any atom is 0.413 e. The summed E-state index contributed by atoms with van der Waals surface area (Å²) in [5.41, 5.74) is 0.610. The van der Waals surface area contributed by atoms with Gasteiger partial charge in [0.25, 0.3) is 0 Å². The SMILES string of the molecule is CCOC(=O)CNC(=O)Oc1ccc2c(C)cc(=O)oc2c1. The molecule has 116 valence electrons. The predicted molar refractivity (Wildman–Crippen MR) is 77.9 cm³/mol. The van der Waals surface area contributed by atoms with E-state index in [-0.39, 0.29) is 18.9 Å². The van der Waals surface area contributed by atoms with E-state index in [1.807, 2.05) is 0 Å². The normalized spacial score (nSPS) is 10.3. The zero-order chi connectivity index (χ0) is 16.1. The van der Waals surface area contributed by atoms with Crippen molar-refractivity contribution in [3.05, 3.63) is 40.2 Å². The van der Waals surface area contributed by atoms with Gasteiger partial charge >= 0.3 is 17.7 Å². The first kappa shape index (κ1) is 15.6. The zero-order valence-corrected chi connectivity index (χ0v) is 12.2. The van der Waals surface area contributed by atoms with E-state index < -0.39 is 17.7 Å². The maximum atomic E-state index is 11.6. The summed E-state index contributed by atoms with van der Waals surface area (Å²) in [4.78, 5) is 34.0. The van der Waals surface area contributed by atoms with E-state index in [1.54, 1.807) is 26.0 Å². The summed E-state index contributed by atoms with van der Waals surface area (Å²) in [6, 6.07) is 6.07. The molecule has 0 aliphatic carbocycles. The van der Waals surface area contributed by atoms with Crippen molar-refractivity contribution >= 4 is 23.0 Å². The third-order valence-electron chi connectivity index (χ3n) is 2.82. The first-order chi connectivity index (χ1) is 10.5. The number of esters is 1. The molecule has 0 atom stereocenters. The van der Waals surface area contributed by atoms with Crippen LogP contribution in [-0.2, 0) is 9.53 Å². The lowest BCUT2D eigenvalue weighted by atomic mass is 10.1. The molecule has 0 fully saturated rings. The van der Waals surface area contributed by atoms with Crippen molar-refractivity contribution in [1.82, 2.24) is 5.32 Å². The minimum absolute atomic E-state index is 0.197. The molecular formula is C15H15NO6. The Morgan fingerprint density at radius 1 is 1.27 bits per heavy atom. The van der Waals surface area contributed by atoms with Crippen LogP contribution in [0.1, 0.15) is 12.5 Å². The van der Waals surface area contributed by atoms with Crippen LogP contribution in [0.25, 0.3) is 11.0 Å². The maximum absolute atomic E-state index is 11.6. The number of benzene rings is 1. The number of nitrogens with one attached hydrogen (secondary N) is 1. The molecule has 0 saturated carbocycles. The van der Waals surface area contributed by atoms with Crippen LogP contribution in [0, 0.1) is 6.92 Å². The average molecular weight is 305 g/mol. The lowest BCUT2D eigenvalue weighted by Crippen LogP contribution is -2.32. The topological polar surface area (TPSA) is 94.8 Å². The van der Waals surface area contributed by atoms with Gasteiger partial charge in [0.05, 0.1) is 6.61 Å². The molecule has 7 heteroatoms. The number of aryl methyl sites for hydroxylation is 1. The van der Waals surface area contributed by atoms with Crippen LogP contribution in [0.5, 0.6) is 5.75 Å². The first-order valence-electron chi connectivity index (χ1n) is 6.65. The molecule has 0 bridgehead atoms. The Bertz CT molecular complexity index is 764. The summed E-state index contributed by atoms with van der Waals surface area (Å²) in [6.45, 7) is 3.40. The third kappa shape index (κ3) is 3.85. The molecule has 22 heavy (non-hydrogen) atoms. The summed E-state index contributed by atoms with van der Waals surface area (Å²) in [6.07, 6.45) is -0.803. The van der Waals surface area contributed by atoms with Gasteiger partial charge in [0.2, 0.25) is 0 Å². The van der Waals surface area contributed by atoms with E-state index >= 15 is 0 Å². The Morgan fingerprint density at radius 3 is 2.77 bits per heavy atom. The second-order valence-electron chi connectivity index (χ2n) is 4.45. The summed E-state index contributed by atoms with van der Waals surface area (Å²) in [5.74, 6) is -0.359. The highest BCUT2D eigenvalue weighted by Crippen LogP contribution is 2.22. The predicted octanol–water partition coefficient (Wildman–Crippen LogP) is 1.75. The minimum Gasteiger partial charge on any atom is -0.465 e. The van der Waals surface area contributed by atoms with Gasteiger partial charge in [-0.05, 0) is 31.5 Å². The van der Waals surface area contributed by atoms with Crippen LogP contribution >= 0.6 is 0 Å². The quantitative estimate of drug-likeness (QED) is 0.683. The van der Waals surface area contributed by atoms with Gasteiger partial charge in [0.1, 0.15) is 17.9 Å². The fourth-order valence-electron chi connectivity index (χ4n) is 1.87. The number of carbonyl (C=O) groups is 2. The van der Waals surface area contributed by atoms with Crippen molar-refractivity contribution in [2.75, 3.05) is 13.2 Å². The highest BCUT2D eigenvalue weighted by atomic mass is 16.6. The largest absolute Gasteiger partial charge is 0.465 e. The van der Waals surface area contributed by atoms with Gasteiger partial charge in [-0.25, -0.2) is 9.59 Å². The van der Waals surface area contributed by atoms with Crippen molar-refractivity contribution in [3.63, 3.8) is 0 Å². The van der Waals surface area contributed by atoms with Gasteiger partial charge in [-0.15, -0.1) is 0 Å². The van der Waals surface area contributed by atoms with Crippen molar-refractivity contribution in [2.24, 2.45) is 0 Å². The van der Waals surface area contributed by atoms with Gasteiger partial charge in [-0.2, -0.15) is 0 Å². The monoisotopic (exact) mass is 305 g/mol. The molecule has 0 spiro atoms. The van der Waals surface area contributed by atoms with E-state index in [2.05, 4.69) is 10.1 Å². The third-order valence-corrected chi connectivity index (χ3v) is 2.82. The van der Waals surface area contributed by atoms with E-state index in [1.165, 1.54) is 12.1 Å². The average Bonchev–Trinajstić information content (AvgIpc) is 2.45. The molecule has 0 aliphatic heterocycles. The number of ether oxygens (including phenoxy) is 2. The number of amides is 1. The van der Waals surface area contributed by atoms with Crippen molar-refractivity contribution < 1.29 is 23.5 Å². The van der Waals surface area contributed by atoms with Crippen LogP contribution < -0.4 is 15.7 Å². The lowest BCUT2D eigenvalue weighted by Gasteiger charge is -2.07. The zero-order valence-electron chi connectivity index (χ0n) is 12.2. The molecule has 0 unspecified atom stereocenters. The van der Waals surface area contributed by atoms with E-state index in [0.717, 1.165) is 10.9 Å². The summed E-state index contributed by atoms with van der Waals surface area (Å²) < 4.78 is 14.7.